The van der Waals surface area contributed by atoms with Gasteiger partial charge in [0.05, 0.1) is 12.2 Å². The number of hydrogen-bond acceptors (Lipinski definition) is 4. The van der Waals surface area contributed by atoms with Crippen LogP contribution in [0.4, 0.5) is 13.2 Å². The second-order valence-electron chi connectivity index (χ2n) is 8.59. The van der Waals surface area contributed by atoms with Gasteiger partial charge in [-0.15, -0.1) is 0 Å². The smallest absolute Gasteiger partial charge is 0.416 e. The van der Waals surface area contributed by atoms with Crippen molar-refractivity contribution in [1.29, 1.82) is 0 Å². The van der Waals surface area contributed by atoms with Gasteiger partial charge >= 0.3 is 6.18 Å². The molecule has 0 saturated carbocycles. The average Bonchev–Trinajstić information content (AvgIpc) is 3.20. The van der Waals surface area contributed by atoms with Crippen molar-refractivity contribution in [3.8, 4) is 11.5 Å². The number of fused-ring (bicyclic) bond motifs is 1. The van der Waals surface area contributed by atoms with E-state index >= 15 is 0 Å². The molecule has 0 N–H and O–H groups in total. The molecular formula is C26H27F3N2O4. The number of halogens is 3. The van der Waals surface area contributed by atoms with Gasteiger partial charge in [-0.3, -0.25) is 9.59 Å². The summed E-state index contributed by atoms with van der Waals surface area (Å²) in [6.45, 7) is 5.66. The average molecular weight is 489 g/mol. The third-order valence-electron chi connectivity index (χ3n) is 6.07. The van der Waals surface area contributed by atoms with Crippen LogP contribution in [0.3, 0.4) is 0 Å². The Morgan fingerprint density at radius 1 is 1.09 bits per heavy atom. The van der Waals surface area contributed by atoms with Crippen molar-refractivity contribution in [3.63, 3.8) is 0 Å². The van der Waals surface area contributed by atoms with Crippen LogP contribution in [-0.2, 0) is 17.4 Å². The summed E-state index contributed by atoms with van der Waals surface area (Å²) in [5.74, 6) is 0.947. The van der Waals surface area contributed by atoms with Crippen LogP contribution in [0.1, 0.15) is 40.9 Å². The molecule has 2 amide bonds. The summed E-state index contributed by atoms with van der Waals surface area (Å²) in [6.07, 6.45) is -0.346. The molecule has 9 heteroatoms. The van der Waals surface area contributed by atoms with E-state index in [-0.39, 0.29) is 23.5 Å². The number of benzene rings is 2. The Morgan fingerprint density at radius 2 is 1.74 bits per heavy atom. The standard InChI is InChI=1S/C26H27F3N2O4/c1-3-34-22-16-20-14-17(2)35-23(20)15-19(22)6-9-24(32)30-10-12-31(13-11-30)25(33)18-4-7-21(8-5-18)26(27,28)29/h4-9,15-17H,3,10-14H2,1-2H3/b9-6+. The summed E-state index contributed by atoms with van der Waals surface area (Å²) >= 11 is 0. The lowest BCUT2D eigenvalue weighted by Crippen LogP contribution is -2.50. The molecule has 1 unspecified atom stereocenters. The minimum absolute atomic E-state index is 0.0990. The van der Waals surface area contributed by atoms with Gasteiger partial charge in [0.1, 0.15) is 17.6 Å². The number of piperazine rings is 1. The molecule has 186 valence electrons. The summed E-state index contributed by atoms with van der Waals surface area (Å²) in [7, 11) is 0. The molecule has 1 fully saturated rings. The van der Waals surface area contributed by atoms with Crippen LogP contribution in [0.15, 0.2) is 42.5 Å². The van der Waals surface area contributed by atoms with Crippen LogP contribution in [0.2, 0.25) is 0 Å². The van der Waals surface area contributed by atoms with Crippen LogP contribution < -0.4 is 9.47 Å². The molecule has 0 spiro atoms. The van der Waals surface area contributed by atoms with Gasteiger partial charge in [-0.05, 0) is 56.3 Å². The van der Waals surface area contributed by atoms with Crippen molar-refractivity contribution in [1.82, 2.24) is 9.80 Å². The normalized spacial score (nSPS) is 17.9. The highest BCUT2D eigenvalue weighted by Gasteiger charge is 2.31. The fraction of sp³-hybridized carbons (Fsp3) is 0.385. The number of carbonyl (C=O) groups is 2. The monoisotopic (exact) mass is 488 g/mol. The van der Waals surface area contributed by atoms with Crippen molar-refractivity contribution in [2.45, 2.75) is 32.5 Å². The van der Waals surface area contributed by atoms with E-state index in [0.717, 1.165) is 35.4 Å². The summed E-state index contributed by atoms with van der Waals surface area (Å²) < 4.78 is 49.8. The summed E-state index contributed by atoms with van der Waals surface area (Å²) in [5, 5.41) is 0. The van der Waals surface area contributed by atoms with Crippen molar-refractivity contribution in [3.05, 3.63) is 64.7 Å². The Hall–Kier alpha value is -3.49. The second kappa shape index (κ2) is 10.0. The quantitative estimate of drug-likeness (QED) is 0.585. The van der Waals surface area contributed by atoms with Crippen LogP contribution in [-0.4, -0.2) is 60.5 Å². The predicted octanol–water partition coefficient (Wildman–Crippen LogP) is 4.43. The zero-order valence-electron chi connectivity index (χ0n) is 19.6. The largest absolute Gasteiger partial charge is 0.493 e. The maximum absolute atomic E-state index is 12.8. The maximum Gasteiger partial charge on any atom is 0.416 e. The second-order valence-corrected chi connectivity index (χ2v) is 8.59. The third-order valence-corrected chi connectivity index (χ3v) is 6.07. The molecule has 0 aliphatic carbocycles. The SMILES string of the molecule is CCOc1cc2c(cc1/C=C/C(=O)N1CCN(C(=O)c3ccc(C(F)(F)F)cc3)CC1)OC(C)C2. The number of ether oxygens (including phenoxy) is 2. The molecule has 4 rings (SSSR count). The van der Waals surface area contributed by atoms with Crippen molar-refractivity contribution in [2.75, 3.05) is 32.8 Å². The van der Waals surface area contributed by atoms with Crippen molar-refractivity contribution < 1.29 is 32.2 Å². The molecule has 2 heterocycles. The first-order chi connectivity index (χ1) is 16.7. The van der Waals surface area contributed by atoms with Gasteiger partial charge in [0.2, 0.25) is 5.91 Å². The van der Waals surface area contributed by atoms with Gasteiger partial charge in [-0.25, -0.2) is 0 Å². The molecule has 6 nitrogen and oxygen atoms in total. The van der Waals surface area contributed by atoms with Gasteiger partial charge in [0, 0.05) is 55.4 Å². The van der Waals surface area contributed by atoms with Crippen LogP contribution in [0.5, 0.6) is 11.5 Å². The van der Waals surface area contributed by atoms with Gasteiger partial charge in [-0.1, -0.05) is 0 Å². The number of rotatable bonds is 5. The van der Waals surface area contributed by atoms with E-state index in [1.807, 2.05) is 26.0 Å². The lowest BCUT2D eigenvalue weighted by atomic mass is 10.1. The van der Waals surface area contributed by atoms with E-state index in [2.05, 4.69) is 0 Å². The first-order valence-electron chi connectivity index (χ1n) is 11.6. The zero-order valence-corrected chi connectivity index (χ0v) is 19.6. The highest BCUT2D eigenvalue weighted by Crippen LogP contribution is 2.36. The van der Waals surface area contributed by atoms with E-state index < -0.39 is 11.7 Å². The highest BCUT2D eigenvalue weighted by atomic mass is 19.4. The van der Waals surface area contributed by atoms with Gasteiger partial charge in [0.25, 0.3) is 5.91 Å². The van der Waals surface area contributed by atoms with E-state index in [9.17, 15) is 22.8 Å². The fourth-order valence-electron chi connectivity index (χ4n) is 4.25. The van der Waals surface area contributed by atoms with E-state index in [1.165, 1.54) is 18.2 Å². The summed E-state index contributed by atoms with van der Waals surface area (Å²) in [6, 6.07) is 8.01. The molecular weight excluding hydrogens is 461 g/mol. The number of nitrogens with zero attached hydrogens (tertiary/aromatic N) is 2. The molecule has 1 saturated heterocycles. The van der Waals surface area contributed by atoms with Crippen LogP contribution >= 0.6 is 0 Å². The first kappa shape index (κ1) is 24.6. The Bertz CT molecular complexity index is 1120. The van der Waals surface area contributed by atoms with Gasteiger partial charge < -0.3 is 19.3 Å². The maximum atomic E-state index is 12.8. The van der Waals surface area contributed by atoms with Gasteiger partial charge in [-0.2, -0.15) is 13.2 Å². The molecule has 0 bridgehead atoms. The summed E-state index contributed by atoms with van der Waals surface area (Å²) in [5.41, 5.74) is 1.23. The van der Waals surface area contributed by atoms with E-state index in [4.69, 9.17) is 9.47 Å². The number of hydrogen-bond donors (Lipinski definition) is 0. The van der Waals surface area contributed by atoms with Crippen LogP contribution in [0.25, 0.3) is 6.08 Å². The Balaban J connectivity index is 1.36. The number of alkyl halides is 3. The Labute approximate surface area is 201 Å². The van der Waals surface area contributed by atoms with Gasteiger partial charge in [0.15, 0.2) is 0 Å². The molecule has 2 aliphatic heterocycles. The molecule has 2 aliphatic rings. The highest BCUT2D eigenvalue weighted by molar-refractivity contribution is 5.95. The number of amides is 2. The fourth-order valence-corrected chi connectivity index (χ4v) is 4.25. The predicted molar refractivity (Wildman–Crippen MR) is 124 cm³/mol. The minimum Gasteiger partial charge on any atom is -0.493 e. The minimum atomic E-state index is -4.45. The molecule has 0 radical (unpaired) electrons. The van der Waals surface area contributed by atoms with Crippen molar-refractivity contribution >= 4 is 17.9 Å². The Kier molecular flexibility index (Phi) is 7.05. The summed E-state index contributed by atoms with van der Waals surface area (Å²) in [4.78, 5) is 28.6. The molecule has 1 atom stereocenters. The molecule has 35 heavy (non-hydrogen) atoms. The van der Waals surface area contributed by atoms with E-state index in [0.29, 0.717) is 38.5 Å². The lowest BCUT2D eigenvalue weighted by molar-refractivity contribution is -0.137. The topological polar surface area (TPSA) is 59.1 Å². The zero-order chi connectivity index (χ0) is 25.2. The van der Waals surface area contributed by atoms with Crippen LogP contribution in [0, 0.1) is 0 Å². The first-order valence-corrected chi connectivity index (χ1v) is 11.6. The lowest BCUT2D eigenvalue weighted by Gasteiger charge is -2.34. The van der Waals surface area contributed by atoms with E-state index in [1.54, 1.807) is 15.9 Å². The Morgan fingerprint density at radius 3 is 2.37 bits per heavy atom. The van der Waals surface area contributed by atoms with Crippen molar-refractivity contribution in [2.24, 2.45) is 0 Å². The molecule has 0 aromatic heterocycles. The third kappa shape index (κ3) is 5.61. The molecule has 2 aromatic carbocycles. The number of carbonyl (C=O) groups excluding carboxylic acids is 2. The molecule has 2 aromatic rings.